The van der Waals surface area contributed by atoms with Crippen LogP contribution in [0.5, 0.6) is 0 Å². The van der Waals surface area contributed by atoms with E-state index in [1.165, 1.54) is 71.1 Å². The summed E-state index contributed by atoms with van der Waals surface area (Å²) in [5.74, 6) is 1.73. The highest BCUT2D eigenvalue weighted by Gasteiger charge is 2.17. The predicted molar refractivity (Wildman–Crippen MR) is 112 cm³/mol. The second kappa shape index (κ2) is 15.3. The molecule has 0 aliphatic carbocycles. The van der Waals surface area contributed by atoms with Gasteiger partial charge in [-0.2, -0.15) is 0 Å². The second-order valence-electron chi connectivity index (χ2n) is 8.41. The number of aliphatic hydroxyl groups is 1. The highest BCUT2D eigenvalue weighted by atomic mass is 16.5. The Morgan fingerprint density at radius 1 is 0.889 bits per heavy atom. The van der Waals surface area contributed by atoms with Crippen LogP contribution in [0.4, 0.5) is 0 Å². The maximum Gasteiger partial charge on any atom is 0.305 e. The lowest BCUT2D eigenvalue weighted by Gasteiger charge is -2.28. The molecule has 2 heterocycles. The molecule has 2 saturated heterocycles. The highest BCUT2D eigenvalue weighted by molar-refractivity contribution is 5.69. The van der Waals surface area contributed by atoms with Crippen molar-refractivity contribution >= 4 is 5.97 Å². The normalized spacial score (nSPS) is 20.1. The monoisotopic (exact) mass is 384 g/mol. The topological polar surface area (TPSA) is 53.0 Å². The molecule has 1 N–H and O–H groups in total. The molecule has 0 saturated carbocycles. The van der Waals surface area contributed by atoms with Gasteiger partial charge < -0.3 is 19.6 Å². The molecule has 0 radical (unpaired) electrons. The zero-order chi connectivity index (χ0) is 19.9. The molecule has 0 aromatic heterocycles. The zero-order valence-electron chi connectivity index (χ0n) is 18.1. The molecule has 27 heavy (non-hydrogen) atoms. The molecule has 0 aromatic carbocycles. The maximum absolute atomic E-state index is 11.1. The first kappa shape index (κ1) is 24.4. The molecule has 2 aliphatic heterocycles. The van der Waals surface area contributed by atoms with Gasteiger partial charge >= 0.3 is 5.97 Å². The Labute approximate surface area is 167 Å². The number of carbonyl (C=O) groups excluding carboxylic acids is 1. The second-order valence-corrected chi connectivity index (χ2v) is 8.41. The third-order valence-electron chi connectivity index (χ3n) is 6.00. The summed E-state index contributed by atoms with van der Waals surface area (Å²) in [5, 5.41) is 8.63. The van der Waals surface area contributed by atoms with Gasteiger partial charge in [0.05, 0.1) is 6.61 Å². The van der Waals surface area contributed by atoms with E-state index in [1.807, 2.05) is 6.92 Å². The Bertz CT molecular complexity index is 363. The van der Waals surface area contributed by atoms with Crippen LogP contribution in [0.2, 0.25) is 0 Å². The first-order valence-electron chi connectivity index (χ1n) is 11.2. The van der Waals surface area contributed by atoms with Gasteiger partial charge in [-0.05, 0) is 104 Å². The largest absolute Gasteiger partial charge is 0.466 e. The molecule has 0 unspecified atom stereocenters. The standard InChI is InChI=1S/C12H23NO2.C10H21NO/c1-3-15-12(14)6-4-5-11-7-9-13(2)10-8-11;1-11-7-5-10(6-8-11)4-2-3-9-12/h11H,3-10H2,1-2H3;10,12H,2-9H2,1H3. The number of hydrogen-bond donors (Lipinski definition) is 1. The van der Waals surface area contributed by atoms with Crippen molar-refractivity contribution in [3.05, 3.63) is 0 Å². The molecule has 0 atom stereocenters. The zero-order valence-corrected chi connectivity index (χ0v) is 18.1. The molecule has 0 amide bonds. The highest BCUT2D eigenvalue weighted by Crippen LogP contribution is 2.22. The first-order valence-corrected chi connectivity index (χ1v) is 11.2. The molecule has 0 bridgehead atoms. The number of piperidine rings is 2. The number of nitrogens with zero attached hydrogens (tertiary/aromatic N) is 2. The Morgan fingerprint density at radius 3 is 1.81 bits per heavy atom. The van der Waals surface area contributed by atoms with E-state index >= 15 is 0 Å². The Morgan fingerprint density at radius 2 is 1.37 bits per heavy atom. The lowest BCUT2D eigenvalue weighted by Crippen LogP contribution is -2.30. The van der Waals surface area contributed by atoms with Gasteiger partial charge in [0.2, 0.25) is 0 Å². The predicted octanol–water partition coefficient (Wildman–Crippen LogP) is 3.55. The number of esters is 1. The van der Waals surface area contributed by atoms with Gasteiger partial charge in [0.25, 0.3) is 0 Å². The molecule has 5 nitrogen and oxygen atoms in total. The van der Waals surface area contributed by atoms with E-state index in [1.54, 1.807) is 0 Å². The summed E-state index contributed by atoms with van der Waals surface area (Å²) in [7, 11) is 4.37. The van der Waals surface area contributed by atoms with E-state index in [4.69, 9.17) is 9.84 Å². The number of ether oxygens (including phenoxy) is 1. The first-order chi connectivity index (χ1) is 13.0. The summed E-state index contributed by atoms with van der Waals surface area (Å²) in [6.45, 7) is 7.69. The average molecular weight is 385 g/mol. The van der Waals surface area contributed by atoms with E-state index < -0.39 is 0 Å². The van der Waals surface area contributed by atoms with Crippen molar-refractivity contribution in [2.45, 2.75) is 71.1 Å². The number of rotatable bonds is 9. The van der Waals surface area contributed by atoms with Crippen LogP contribution in [-0.2, 0) is 9.53 Å². The van der Waals surface area contributed by atoms with Crippen molar-refractivity contribution in [1.82, 2.24) is 9.80 Å². The summed E-state index contributed by atoms with van der Waals surface area (Å²) in [4.78, 5) is 15.9. The van der Waals surface area contributed by atoms with Crippen molar-refractivity contribution in [1.29, 1.82) is 0 Å². The fourth-order valence-corrected chi connectivity index (χ4v) is 4.01. The molecule has 160 valence electrons. The van der Waals surface area contributed by atoms with E-state index in [2.05, 4.69) is 23.9 Å². The van der Waals surface area contributed by atoms with Crippen molar-refractivity contribution in [2.24, 2.45) is 11.8 Å². The van der Waals surface area contributed by atoms with Crippen LogP contribution in [-0.4, -0.2) is 74.4 Å². The fraction of sp³-hybridized carbons (Fsp3) is 0.955. The smallest absolute Gasteiger partial charge is 0.305 e. The fourth-order valence-electron chi connectivity index (χ4n) is 4.01. The molecule has 2 fully saturated rings. The molecule has 5 heteroatoms. The third-order valence-corrected chi connectivity index (χ3v) is 6.00. The van der Waals surface area contributed by atoms with E-state index in [0.29, 0.717) is 19.6 Å². The Balaban J connectivity index is 0.000000277. The van der Waals surface area contributed by atoms with Gasteiger partial charge in [-0.25, -0.2) is 0 Å². The summed E-state index contributed by atoms with van der Waals surface area (Å²) < 4.78 is 4.90. The van der Waals surface area contributed by atoms with Gasteiger partial charge in [0, 0.05) is 13.0 Å². The van der Waals surface area contributed by atoms with Gasteiger partial charge in [-0.1, -0.05) is 12.8 Å². The van der Waals surface area contributed by atoms with E-state index in [0.717, 1.165) is 24.7 Å². The van der Waals surface area contributed by atoms with Crippen LogP contribution in [0, 0.1) is 11.8 Å². The number of aliphatic hydroxyl groups excluding tert-OH is 1. The molecule has 2 aliphatic rings. The van der Waals surface area contributed by atoms with Gasteiger partial charge in [-0.15, -0.1) is 0 Å². The van der Waals surface area contributed by atoms with Crippen molar-refractivity contribution in [3.63, 3.8) is 0 Å². The summed E-state index contributed by atoms with van der Waals surface area (Å²) in [6, 6.07) is 0. The molecule has 0 spiro atoms. The minimum atomic E-state index is -0.0366. The average Bonchev–Trinajstić information content (AvgIpc) is 2.66. The number of carbonyl (C=O) groups is 1. The minimum Gasteiger partial charge on any atom is -0.466 e. The molecule has 2 rings (SSSR count). The van der Waals surface area contributed by atoms with Gasteiger partial charge in [0.15, 0.2) is 0 Å². The third kappa shape index (κ3) is 12.4. The number of unbranched alkanes of at least 4 members (excludes halogenated alkanes) is 1. The maximum atomic E-state index is 11.1. The molecular formula is C22H44N2O3. The van der Waals surface area contributed by atoms with Crippen LogP contribution in [0.1, 0.15) is 71.1 Å². The van der Waals surface area contributed by atoms with Gasteiger partial charge in [0.1, 0.15) is 0 Å². The van der Waals surface area contributed by atoms with Gasteiger partial charge in [-0.3, -0.25) is 4.79 Å². The SMILES string of the molecule is CCOC(=O)CCCC1CCN(C)CC1.CN1CCC(CCCCO)CC1. The lowest BCUT2D eigenvalue weighted by molar-refractivity contribution is -0.143. The van der Waals surface area contributed by atoms with E-state index in [-0.39, 0.29) is 5.97 Å². The van der Waals surface area contributed by atoms with Crippen LogP contribution in [0.25, 0.3) is 0 Å². The Hall–Kier alpha value is -0.650. The molecule has 0 aromatic rings. The quantitative estimate of drug-likeness (QED) is 0.487. The van der Waals surface area contributed by atoms with Crippen LogP contribution >= 0.6 is 0 Å². The summed E-state index contributed by atoms with van der Waals surface area (Å²) in [5.41, 5.74) is 0. The number of likely N-dealkylation sites (tertiary alicyclic amines) is 2. The van der Waals surface area contributed by atoms with Crippen molar-refractivity contribution in [3.8, 4) is 0 Å². The van der Waals surface area contributed by atoms with Crippen LogP contribution in [0.3, 0.4) is 0 Å². The lowest BCUT2D eigenvalue weighted by atomic mass is 9.92. The molecular weight excluding hydrogens is 340 g/mol. The Kier molecular flexibility index (Phi) is 13.8. The minimum absolute atomic E-state index is 0.0366. The van der Waals surface area contributed by atoms with Crippen molar-refractivity contribution < 1.29 is 14.6 Å². The van der Waals surface area contributed by atoms with Crippen LogP contribution < -0.4 is 0 Å². The van der Waals surface area contributed by atoms with Crippen molar-refractivity contribution in [2.75, 3.05) is 53.5 Å². The summed E-state index contributed by atoms with van der Waals surface area (Å²) >= 11 is 0. The summed E-state index contributed by atoms with van der Waals surface area (Å²) in [6.07, 6.45) is 11.6. The van der Waals surface area contributed by atoms with Crippen LogP contribution in [0.15, 0.2) is 0 Å². The number of hydrogen-bond acceptors (Lipinski definition) is 5. The van der Waals surface area contributed by atoms with E-state index in [9.17, 15) is 4.79 Å².